The van der Waals surface area contributed by atoms with Gasteiger partial charge in [-0.05, 0) is 43.3 Å². The molecular formula is C18H16FN3O4. The smallest absolute Gasteiger partial charge is 0.293 e. The second-order valence-electron chi connectivity index (χ2n) is 5.30. The van der Waals surface area contributed by atoms with Crippen molar-refractivity contribution in [1.29, 1.82) is 0 Å². The molecule has 26 heavy (non-hydrogen) atoms. The Morgan fingerprint density at radius 1 is 1.19 bits per heavy atom. The Hall–Kier alpha value is -3.26. The second-order valence-corrected chi connectivity index (χ2v) is 5.30. The fourth-order valence-corrected chi connectivity index (χ4v) is 2.30. The van der Waals surface area contributed by atoms with E-state index in [4.69, 9.17) is 9.15 Å². The summed E-state index contributed by atoms with van der Waals surface area (Å²) in [6.07, 6.45) is 1.53. The van der Waals surface area contributed by atoms with Crippen molar-refractivity contribution in [1.82, 2.24) is 4.98 Å². The summed E-state index contributed by atoms with van der Waals surface area (Å²) >= 11 is 0. The zero-order valence-corrected chi connectivity index (χ0v) is 13.9. The number of furan rings is 1. The molecule has 0 radical (unpaired) electrons. The lowest BCUT2D eigenvalue weighted by Crippen LogP contribution is -2.21. The Morgan fingerprint density at radius 2 is 1.96 bits per heavy atom. The molecule has 0 bridgehead atoms. The Kier molecular flexibility index (Phi) is 5.23. The molecule has 0 unspecified atom stereocenters. The van der Waals surface area contributed by atoms with Gasteiger partial charge in [0.25, 0.3) is 11.8 Å². The molecule has 0 saturated carbocycles. The summed E-state index contributed by atoms with van der Waals surface area (Å²) in [5.74, 6) is -1.55. The molecule has 134 valence electrons. The number of hydrogen-bond donors (Lipinski definition) is 2. The molecule has 2 heterocycles. The molecule has 7 nitrogen and oxygen atoms in total. The predicted molar refractivity (Wildman–Crippen MR) is 93.5 cm³/mol. The van der Waals surface area contributed by atoms with E-state index in [1.54, 1.807) is 19.1 Å². The average molecular weight is 357 g/mol. The van der Waals surface area contributed by atoms with Crippen LogP contribution in [0.3, 0.4) is 0 Å². The zero-order chi connectivity index (χ0) is 18.5. The van der Waals surface area contributed by atoms with Gasteiger partial charge < -0.3 is 19.8 Å². The second kappa shape index (κ2) is 7.75. The first-order chi connectivity index (χ1) is 12.6. The van der Waals surface area contributed by atoms with Gasteiger partial charge in [0, 0.05) is 18.5 Å². The summed E-state index contributed by atoms with van der Waals surface area (Å²) in [5, 5.41) is 5.20. The maximum atomic E-state index is 13.0. The molecule has 0 fully saturated rings. The summed E-state index contributed by atoms with van der Waals surface area (Å²) in [4.78, 5) is 28.7. The van der Waals surface area contributed by atoms with E-state index in [9.17, 15) is 14.0 Å². The van der Waals surface area contributed by atoms with Crippen LogP contribution in [0.1, 0.15) is 17.5 Å². The van der Waals surface area contributed by atoms with Crippen molar-refractivity contribution in [2.24, 2.45) is 0 Å². The van der Waals surface area contributed by atoms with E-state index < -0.39 is 17.6 Å². The lowest BCUT2D eigenvalue weighted by Gasteiger charge is -2.07. The van der Waals surface area contributed by atoms with Crippen molar-refractivity contribution in [2.45, 2.75) is 6.92 Å². The van der Waals surface area contributed by atoms with E-state index in [1.807, 2.05) is 0 Å². The van der Waals surface area contributed by atoms with Crippen molar-refractivity contribution < 1.29 is 23.1 Å². The molecule has 0 spiro atoms. The van der Waals surface area contributed by atoms with E-state index in [1.165, 1.54) is 30.5 Å². The number of carbonyl (C=O) groups excluding carboxylic acids is 2. The van der Waals surface area contributed by atoms with Crippen LogP contribution in [-0.2, 0) is 9.53 Å². The van der Waals surface area contributed by atoms with E-state index in [0.29, 0.717) is 23.4 Å². The molecule has 2 amide bonds. The van der Waals surface area contributed by atoms with Gasteiger partial charge in [-0.2, -0.15) is 0 Å². The minimum Gasteiger partial charge on any atom is -0.447 e. The van der Waals surface area contributed by atoms with Crippen LogP contribution in [-0.4, -0.2) is 30.0 Å². The number of fused-ring (bicyclic) bond motifs is 1. The van der Waals surface area contributed by atoms with Gasteiger partial charge in [-0.3, -0.25) is 14.6 Å². The van der Waals surface area contributed by atoms with E-state index in [0.717, 1.165) is 0 Å². The highest BCUT2D eigenvalue weighted by atomic mass is 19.1. The first-order valence-corrected chi connectivity index (χ1v) is 7.90. The summed E-state index contributed by atoms with van der Waals surface area (Å²) in [7, 11) is 0. The number of benzene rings is 1. The molecule has 0 atom stereocenters. The number of rotatable bonds is 6. The third-order valence-electron chi connectivity index (χ3n) is 3.46. The number of aromatic nitrogens is 1. The third kappa shape index (κ3) is 3.86. The normalized spacial score (nSPS) is 10.7. The largest absolute Gasteiger partial charge is 0.447 e. The molecule has 0 aliphatic rings. The van der Waals surface area contributed by atoms with Crippen LogP contribution in [0.2, 0.25) is 0 Å². The van der Waals surface area contributed by atoms with Crippen LogP contribution in [0, 0.1) is 5.82 Å². The molecule has 8 heteroatoms. The topological polar surface area (TPSA) is 93.5 Å². The summed E-state index contributed by atoms with van der Waals surface area (Å²) in [6, 6.07) is 8.57. The van der Waals surface area contributed by atoms with Crippen molar-refractivity contribution in [2.75, 3.05) is 23.8 Å². The van der Waals surface area contributed by atoms with Crippen molar-refractivity contribution in [3.63, 3.8) is 0 Å². The van der Waals surface area contributed by atoms with Gasteiger partial charge in [-0.25, -0.2) is 4.39 Å². The fourth-order valence-electron chi connectivity index (χ4n) is 2.30. The van der Waals surface area contributed by atoms with Gasteiger partial charge in [-0.15, -0.1) is 0 Å². The first-order valence-electron chi connectivity index (χ1n) is 7.90. The Labute approximate surface area is 148 Å². The Balaban J connectivity index is 1.90. The molecule has 3 rings (SSSR count). The van der Waals surface area contributed by atoms with Gasteiger partial charge in [0.15, 0.2) is 5.58 Å². The SMILES string of the molecule is CCOCC(=O)Nc1c(C(=O)Nc2ccc(F)cc2)oc2cccnc12. The monoisotopic (exact) mass is 357 g/mol. The number of nitrogens with one attached hydrogen (secondary N) is 2. The van der Waals surface area contributed by atoms with Crippen LogP contribution in [0.4, 0.5) is 15.8 Å². The number of ether oxygens (including phenoxy) is 1. The van der Waals surface area contributed by atoms with E-state index >= 15 is 0 Å². The Morgan fingerprint density at radius 3 is 2.69 bits per heavy atom. The first kappa shape index (κ1) is 17.6. The standard InChI is InChI=1S/C18H16FN3O4/c1-2-25-10-14(23)22-16-15-13(4-3-9-20-15)26-17(16)18(24)21-12-7-5-11(19)6-8-12/h3-9H,2,10H2,1H3,(H,21,24)(H,22,23). The molecule has 0 saturated heterocycles. The number of anilines is 2. The van der Waals surface area contributed by atoms with Crippen LogP contribution < -0.4 is 10.6 Å². The Bertz CT molecular complexity index is 937. The molecule has 1 aromatic carbocycles. The minimum atomic E-state index is -0.596. The van der Waals surface area contributed by atoms with Gasteiger partial charge in [0.05, 0.1) is 0 Å². The molecular weight excluding hydrogens is 341 g/mol. The lowest BCUT2D eigenvalue weighted by molar-refractivity contribution is -0.120. The van der Waals surface area contributed by atoms with Gasteiger partial charge in [0.1, 0.15) is 23.6 Å². The zero-order valence-electron chi connectivity index (χ0n) is 13.9. The van der Waals surface area contributed by atoms with E-state index in [-0.39, 0.29) is 18.1 Å². The van der Waals surface area contributed by atoms with Crippen LogP contribution in [0.5, 0.6) is 0 Å². The predicted octanol–water partition coefficient (Wildman–Crippen LogP) is 3.19. The molecule has 0 aliphatic heterocycles. The highest BCUT2D eigenvalue weighted by Crippen LogP contribution is 2.29. The number of hydrogen-bond acceptors (Lipinski definition) is 5. The van der Waals surface area contributed by atoms with Crippen molar-refractivity contribution in [3.05, 3.63) is 54.2 Å². The van der Waals surface area contributed by atoms with Gasteiger partial charge in [0.2, 0.25) is 5.76 Å². The fraction of sp³-hybridized carbons (Fsp3) is 0.167. The third-order valence-corrected chi connectivity index (χ3v) is 3.46. The van der Waals surface area contributed by atoms with Crippen molar-refractivity contribution in [3.8, 4) is 0 Å². The summed E-state index contributed by atoms with van der Waals surface area (Å²) in [5.41, 5.74) is 1.24. The number of pyridine rings is 1. The maximum absolute atomic E-state index is 13.0. The number of halogens is 1. The maximum Gasteiger partial charge on any atom is 0.293 e. The highest BCUT2D eigenvalue weighted by molar-refractivity contribution is 6.13. The molecule has 0 aliphatic carbocycles. The summed E-state index contributed by atoms with van der Waals surface area (Å²) in [6.45, 7) is 1.99. The van der Waals surface area contributed by atoms with Crippen LogP contribution >= 0.6 is 0 Å². The van der Waals surface area contributed by atoms with Crippen LogP contribution in [0.15, 0.2) is 47.0 Å². The quantitative estimate of drug-likeness (QED) is 0.707. The molecule has 2 aromatic heterocycles. The summed E-state index contributed by atoms with van der Waals surface area (Å²) < 4.78 is 23.6. The number of carbonyl (C=O) groups is 2. The molecule has 3 aromatic rings. The average Bonchev–Trinajstić information content (AvgIpc) is 3.00. The van der Waals surface area contributed by atoms with E-state index in [2.05, 4.69) is 15.6 Å². The molecule has 2 N–H and O–H groups in total. The van der Waals surface area contributed by atoms with Crippen molar-refractivity contribution >= 4 is 34.3 Å². The number of nitrogens with zero attached hydrogens (tertiary/aromatic N) is 1. The minimum absolute atomic E-state index is 0.104. The highest BCUT2D eigenvalue weighted by Gasteiger charge is 2.23. The van der Waals surface area contributed by atoms with Crippen LogP contribution in [0.25, 0.3) is 11.1 Å². The van der Waals surface area contributed by atoms with Gasteiger partial charge in [-0.1, -0.05) is 0 Å². The number of amides is 2. The lowest BCUT2D eigenvalue weighted by atomic mass is 10.2. The van der Waals surface area contributed by atoms with Gasteiger partial charge >= 0.3 is 0 Å².